The molecule has 33 heavy (non-hydrogen) atoms. The topological polar surface area (TPSA) is 97.1 Å². The zero-order valence-corrected chi connectivity index (χ0v) is 17.6. The Balaban J connectivity index is 1.51. The summed E-state index contributed by atoms with van der Waals surface area (Å²) in [7, 11) is 0. The molecule has 0 fully saturated rings. The van der Waals surface area contributed by atoms with Gasteiger partial charge in [-0.05, 0) is 29.8 Å². The lowest BCUT2D eigenvalue weighted by Gasteiger charge is -2.16. The third-order valence-corrected chi connectivity index (χ3v) is 5.17. The Labute approximate surface area is 191 Å². The summed E-state index contributed by atoms with van der Waals surface area (Å²) >= 11 is 12.1. The normalized spacial score (nSPS) is 11.7. The summed E-state index contributed by atoms with van der Waals surface area (Å²) in [4.78, 5) is 27.1. The first kappa shape index (κ1) is 22.7. The number of alkyl halides is 3. The van der Waals surface area contributed by atoms with Crippen molar-refractivity contribution in [1.82, 2.24) is 10.1 Å². The summed E-state index contributed by atoms with van der Waals surface area (Å²) < 4.78 is 56.3. The predicted octanol–water partition coefficient (Wildman–Crippen LogP) is 5.15. The van der Waals surface area contributed by atoms with Crippen LogP contribution in [0.4, 0.5) is 34.6 Å². The van der Waals surface area contributed by atoms with Crippen LogP contribution in [0, 0.1) is 5.82 Å². The summed E-state index contributed by atoms with van der Waals surface area (Å²) in [5.41, 5.74) is -1.41. The minimum Gasteiger partial charge on any atom is -0.376 e. The van der Waals surface area contributed by atoms with E-state index in [1.54, 1.807) is 18.2 Å². The number of anilines is 3. The second-order valence-electron chi connectivity index (χ2n) is 6.72. The SMILES string of the molecule is O=c1c(NCc2ccc(-c3noc(C(F)(F)F)n3)c(F)c2)c(Nc2c(Cl)cccc2Cl)c1=O. The third kappa shape index (κ3) is 4.41. The molecule has 3 aromatic carbocycles. The maximum atomic E-state index is 14.4. The van der Waals surface area contributed by atoms with Crippen LogP contribution in [-0.4, -0.2) is 10.1 Å². The number of para-hydroxylation sites is 1. The molecular weight excluding hydrogens is 491 g/mol. The zero-order valence-electron chi connectivity index (χ0n) is 16.1. The van der Waals surface area contributed by atoms with Gasteiger partial charge in [-0.25, -0.2) is 4.39 Å². The Bertz CT molecular complexity index is 1410. The Hall–Kier alpha value is -3.44. The Morgan fingerprint density at radius 2 is 1.64 bits per heavy atom. The van der Waals surface area contributed by atoms with Crippen molar-refractivity contribution in [2.75, 3.05) is 10.6 Å². The highest BCUT2D eigenvalue weighted by Crippen LogP contribution is 2.34. The van der Waals surface area contributed by atoms with Crippen LogP contribution in [0.25, 0.3) is 11.4 Å². The highest BCUT2D eigenvalue weighted by atomic mass is 35.5. The first-order valence-corrected chi connectivity index (χ1v) is 9.79. The summed E-state index contributed by atoms with van der Waals surface area (Å²) in [5, 5.41) is 9.06. The standard InChI is InChI=1S/C20H10Cl2F4N4O3/c21-10-2-1-3-11(22)13(10)28-15-14(16(31)17(15)32)27-7-8-4-5-9(12(23)6-8)18-29-19(33-30-18)20(24,25)26/h1-6,27-28H,7H2. The van der Waals surface area contributed by atoms with Crippen molar-refractivity contribution in [2.45, 2.75) is 12.7 Å². The van der Waals surface area contributed by atoms with E-state index in [1.807, 2.05) is 0 Å². The number of aromatic nitrogens is 2. The van der Waals surface area contributed by atoms with Crippen molar-refractivity contribution in [3.8, 4) is 11.4 Å². The van der Waals surface area contributed by atoms with Crippen molar-refractivity contribution in [1.29, 1.82) is 0 Å². The van der Waals surface area contributed by atoms with Gasteiger partial charge in [0.15, 0.2) is 0 Å². The number of halogens is 6. The maximum Gasteiger partial charge on any atom is 0.471 e. The van der Waals surface area contributed by atoms with Crippen LogP contribution in [0.15, 0.2) is 50.5 Å². The van der Waals surface area contributed by atoms with Crippen LogP contribution in [0.1, 0.15) is 11.5 Å². The van der Waals surface area contributed by atoms with Gasteiger partial charge in [-0.1, -0.05) is 40.5 Å². The van der Waals surface area contributed by atoms with Gasteiger partial charge in [0.05, 0.1) is 21.3 Å². The molecule has 0 saturated heterocycles. The molecule has 4 rings (SSSR count). The van der Waals surface area contributed by atoms with Crippen molar-refractivity contribution in [2.24, 2.45) is 0 Å². The van der Waals surface area contributed by atoms with E-state index in [0.29, 0.717) is 5.56 Å². The number of rotatable bonds is 6. The van der Waals surface area contributed by atoms with Gasteiger partial charge in [0.25, 0.3) is 10.9 Å². The number of nitrogens with one attached hydrogen (secondary N) is 2. The Morgan fingerprint density at radius 1 is 0.970 bits per heavy atom. The Morgan fingerprint density at radius 3 is 2.24 bits per heavy atom. The monoisotopic (exact) mass is 500 g/mol. The van der Waals surface area contributed by atoms with Crippen LogP contribution in [0.3, 0.4) is 0 Å². The van der Waals surface area contributed by atoms with E-state index in [2.05, 4.69) is 25.3 Å². The summed E-state index contributed by atoms with van der Waals surface area (Å²) in [6.07, 6.45) is -4.86. The average Bonchev–Trinajstić information content (AvgIpc) is 3.25. The number of hydrogen-bond donors (Lipinski definition) is 2. The van der Waals surface area contributed by atoms with Crippen molar-refractivity contribution < 1.29 is 22.1 Å². The van der Waals surface area contributed by atoms with Crippen LogP contribution in [-0.2, 0) is 12.7 Å². The van der Waals surface area contributed by atoms with E-state index in [4.69, 9.17) is 23.2 Å². The fraction of sp³-hybridized carbons (Fsp3) is 0.100. The second kappa shape index (κ2) is 8.49. The highest BCUT2D eigenvalue weighted by molar-refractivity contribution is 6.39. The molecule has 1 aromatic heterocycles. The molecule has 170 valence electrons. The molecule has 0 amide bonds. The molecule has 1 heterocycles. The van der Waals surface area contributed by atoms with E-state index in [0.717, 1.165) is 6.07 Å². The van der Waals surface area contributed by atoms with Gasteiger partial charge < -0.3 is 15.2 Å². The molecule has 0 atom stereocenters. The molecule has 0 spiro atoms. The molecule has 13 heteroatoms. The van der Waals surface area contributed by atoms with Gasteiger partial charge in [0.2, 0.25) is 5.82 Å². The summed E-state index contributed by atoms with van der Waals surface area (Å²) in [6, 6.07) is 8.27. The molecule has 0 aliphatic carbocycles. The minimum atomic E-state index is -4.86. The van der Waals surface area contributed by atoms with Gasteiger partial charge in [-0.3, -0.25) is 9.59 Å². The van der Waals surface area contributed by atoms with Crippen LogP contribution in [0.2, 0.25) is 10.0 Å². The van der Waals surface area contributed by atoms with Crippen molar-refractivity contribution in [3.05, 3.63) is 84.2 Å². The molecule has 2 N–H and O–H groups in total. The molecule has 4 aromatic rings. The molecular formula is C20H10Cl2F4N4O3. The molecule has 0 unspecified atom stereocenters. The second-order valence-corrected chi connectivity index (χ2v) is 7.53. The van der Waals surface area contributed by atoms with Crippen LogP contribution < -0.4 is 21.5 Å². The van der Waals surface area contributed by atoms with Gasteiger partial charge in [-0.2, -0.15) is 18.2 Å². The lowest BCUT2D eigenvalue weighted by atomic mass is 10.1. The van der Waals surface area contributed by atoms with Gasteiger partial charge >= 0.3 is 12.1 Å². The van der Waals surface area contributed by atoms with Gasteiger partial charge in [-0.15, -0.1) is 0 Å². The largest absolute Gasteiger partial charge is 0.471 e. The van der Waals surface area contributed by atoms with Crippen LogP contribution in [0.5, 0.6) is 0 Å². The quantitative estimate of drug-likeness (QED) is 0.279. The van der Waals surface area contributed by atoms with Crippen molar-refractivity contribution >= 4 is 40.3 Å². The molecule has 0 bridgehead atoms. The van der Waals surface area contributed by atoms with E-state index in [1.165, 1.54) is 12.1 Å². The molecule has 0 aliphatic rings. The van der Waals surface area contributed by atoms with E-state index >= 15 is 0 Å². The summed E-state index contributed by atoms with van der Waals surface area (Å²) in [5.74, 6) is -3.07. The highest BCUT2D eigenvalue weighted by Gasteiger charge is 2.38. The van der Waals surface area contributed by atoms with Crippen molar-refractivity contribution in [3.63, 3.8) is 0 Å². The lowest BCUT2D eigenvalue weighted by Crippen LogP contribution is -2.36. The average molecular weight is 501 g/mol. The maximum absolute atomic E-state index is 14.4. The number of hydrogen-bond acceptors (Lipinski definition) is 7. The Kier molecular flexibility index (Phi) is 5.85. The van der Waals surface area contributed by atoms with E-state index < -0.39 is 34.6 Å². The first-order valence-electron chi connectivity index (χ1n) is 9.04. The number of nitrogens with zero attached hydrogens (tertiary/aromatic N) is 2. The first-order chi connectivity index (χ1) is 15.6. The summed E-state index contributed by atoms with van der Waals surface area (Å²) in [6.45, 7) is -0.0764. The smallest absolute Gasteiger partial charge is 0.376 e. The fourth-order valence-corrected chi connectivity index (χ4v) is 3.40. The molecule has 0 aliphatic heterocycles. The molecule has 0 saturated carbocycles. The zero-order chi connectivity index (χ0) is 23.9. The van der Waals surface area contributed by atoms with E-state index in [9.17, 15) is 27.2 Å². The number of benzene rings is 2. The predicted molar refractivity (Wildman–Crippen MR) is 113 cm³/mol. The fourth-order valence-electron chi connectivity index (χ4n) is 2.91. The lowest BCUT2D eigenvalue weighted by molar-refractivity contribution is -0.159. The van der Waals surface area contributed by atoms with Gasteiger partial charge in [0.1, 0.15) is 17.2 Å². The van der Waals surface area contributed by atoms with E-state index in [-0.39, 0.29) is 39.2 Å². The third-order valence-electron chi connectivity index (χ3n) is 4.54. The molecule has 7 nitrogen and oxygen atoms in total. The van der Waals surface area contributed by atoms with Gasteiger partial charge in [0, 0.05) is 6.54 Å². The van der Waals surface area contributed by atoms with Crippen LogP contribution >= 0.6 is 23.2 Å². The minimum absolute atomic E-state index is 0.0477. The molecule has 0 radical (unpaired) electrons.